The molecule has 0 aliphatic carbocycles. The van der Waals surface area contributed by atoms with Gasteiger partial charge in [0.1, 0.15) is 18.3 Å². The molecular weight excluding hydrogens is 308 g/mol. The molecule has 0 aromatic heterocycles. The average Bonchev–Trinajstić information content (AvgIpc) is 2.58. The monoisotopic (exact) mass is 344 g/mol. The third-order valence-corrected chi connectivity index (χ3v) is 4.56. The second-order valence-electron chi connectivity index (χ2n) is 6.70. The Morgan fingerprint density at radius 2 is 1.62 bits per heavy atom. The molecule has 0 amide bonds. The second-order valence-corrected chi connectivity index (χ2v) is 6.70. The van der Waals surface area contributed by atoms with Crippen molar-refractivity contribution in [1.82, 2.24) is 0 Å². The number of hydrogen-bond acceptors (Lipinski definition) is 5. The molecule has 142 valence electrons. The summed E-state index contributed by atoms with van der Waals surface area (Å²) in [5.74, 6) is 0. The molecule has 5 heteroatoms. The fourth-order valence-corrected chi connectivity index (χ4v) is 2.97. The lowest BCUT2D eigenvalue weighted by Crippen LogP contribution is -2.54. The first kappa shape index (κ1) is 21.4. The van der Waals surface area contributed by atoms with Gasteiger partial charge in [-0.3, -0.25) is 0 Å². The Kier molecular flexibility index (Phi) is 12.2. The quantitative estimate of drug-likeness (QED) is 0.354. The molecule has 1 rings (SSSR count). The summed E-state index contributed by atoms with van der Waals surface area (Å²) in [6, 6.07) is 0. The number of hydrogen-bond donors (Lipinski definition) is 3. The maximum Gasteiger partial charge on any atom is 0.154 e. The van der Waals surface area contributed by atoms with E-state index in [1.807, 2.05) is 6.08 Å². The van der Waals surface area contributed by atoms with E-state index in [0.717, 1.165) is 12.8 Å². The molecule has 1 saturated heterocycles. The van der Waals surface area contributed by atoms with Crippen LogP contribution in [0.1, 0.15) is 71.1 Å². The molecule has 24 heavy (non-hydrogen) atoms. The van der Waals surface area contributed by atoms with Crippen LogP contribution in [0.5, 0.6) is 0 Å². The number of unbranched alkanes of at least 4 members (excludes halogenated alkanes) is 9. The van der Waals surface area contributed by atoms with Crippen molar-refractivity contribution in [3.63, 3.8) is 0 Å². The summed E-state index contributed by atoms with van der Waals surface area (Å²) in [5.41, 5.74) is 0. The predicted molar refractivity (Wildman–Crippen MR) is 94.7 cm³/mol. The summed E-state index contributed by atoms with van der Waals surface area (Å²) in [4.78, 5) is 0. The Morgan fingerprint density at radius 1 is 1.00 bits per heavy atom. The van der Waals surface area contributed by atoms with Crippen LogP contribution in [-0.4, -0.2) is 52.9 Å². The van der Waals surface area contributed by atoms with Gasteiger partial charge in [-0.25, -0.2) is 0 Å². The molecule has 0 spiro atoms. The minimum atomic E-state index is -1.02. The molecule has 0 aromatic carbocycles. The van der Waals surface area contributed by atoms with Crippen LogP contribution >= 0.6 is 0 Å². The van der Waals surface area contributed by atoms with Gasteiger partial charge in [0, 0.05) is 0 Å². The van der Waals surface area contributed by atoms with Gasteiger partial charge in [-0.2, -0.15) is 0 Å². The molecule has 1 heterocycles. The van der Waals surface area contributed by atoms with Gasteiger partial charge < -0.3 is 24.8 Å². The van der Waals surface area contributed by atoms with Gasteiger partial charge >= 0.3 is 0 Å². The fourth-order valence-electron chi connectivity index (χ4n) is 2.97. The highest BCUT2D eigenvalue weighted by molar-refractivity contribution is 4.89. The summed E-state index contributed by atoms with van der Waals surface area (Å²) in [5, 5.41) is 28.9. The smallest absolute Gasteiger partial charge is 0.154 e. The van der Waals surface area contributed by atoms with Gasteiger partial charge in [-0.1, -0.05) is 58.3 Å². The van der Waals surface area contributed by atoms with E-state index in [-0.39, 0.29) is 13.2 Å². The Labute approximate surface area is 146 Å². The standard InChI is InChI=1S/C19H36O5/c1-2-3-4-5-6-7-8-9-10-11-12-13-23-19-16(21)15-24-17(14-20)18(19)22/h12-13,16-22H,2-11,14-15H2,1H3/b13-12+/t16-,17+,18+,19+/m0/s1. The molecule has 1 aliphatic heterocycles. The molecule has 3 N–H and O–H groups in total. The largest absolute Gasteiger partial charge is 0.493 e. The van der Waals surface area contributed by atoms with Crippen molar-refractivity contribution in [3.05, 3.63) is 12.3 Å². The molecule has 0 aromatic rings. The van der Waals surface area contributed by atoms with Crippen LogP contribution in [0.4, 0.5) is 0 Å². The summed E-state index contributed by atoms with van der Waals surface area (Å²) in [7, 11) is 0. The fraction of sp³-hybridized carbons (Fsp3) is 0.895. The van der Waals surface area contributed by atoms with Crippen LogP contribution in [0, 0.1) is 0 Å². The SMILES string of the molecule is CCCCCCCCCCC/C=C/O[C@H]1[C@H](O)[C@@H](CO)OC[C@@H]1O. The Morgan fingerprint density at radius 3 is 2.25 bits per heavy atom. The zero-order valence-electron chi connectivity index (χ0n) is 15.1. The van der Waals surface area contributed by atoms with Crippen LogP contribution in [0.2, 0.25) is 0 Å². The Hall–Kier alpha value is -0.620. The minimum Gasteiger partial charge on any atom is -0.493 e. The summed E-state index contributed by atoms with van der Waals surface area (Å²) in [6.07, 6.45) is 12.8. The molecule has 0 saturated carbocycles. The summed E-state index contributed by atoms with van der Waals surface area (Å²) >= 11 is 0. The van der Waals surface area contributed by atoms with Crippen LogP contribution in [-0.2, 0) is 9.47 Å². The van der Waals surface area contributed by atoms with E-state index in [9.17, 15) is 10.2 Å². The van der Waals surface area contributed by atoms with Gasteiger partial charge in [-0.15, -0.1) is 0 Å². The topological polar surface area (TPSA) is 79.2 Å². The molecule has 4 atom stereocenters. The van der Waals surface area contributed by atoms with E-state index in [4.69, 9.17) is 14.6 Å². The Bertz CT molecular complexity index is 321. The van der Waals surface area contributed by atoms with Crippen molar-refractivity contribution in [2.45, 2.75) is 95.5 Å². The highest BCUT2D eigenvalue weighted by atomic mass is 16.6. The van der Waals surface area contributed by atoms with Crippen LogP contribution in [0.3, 0.4) is 0 Å². The molecule has 5 nitrogen and oxygen atoms in total. The zero-order valence-corrected chi connectivity index (χ0v) is 15.1. The average molecular weight is 344 g/mol. The summed E-state index contributed by atoms with van der Waals surface area (Å²) < 4.78 is 10.6. The van der Waals surface area contributed by atoms with Crippen molar-refractivity contribution in [1.29, 1.82) is 0 Å². The van der Waals surface area contributed by atoms with E-state index >= 15 is 0 Å². The van der Waals surface area contributed by atoms with E-state index in [1.165, 1.54) is 51.4 Å². The third-order valence-electron chi connectivity index (χ3n) is 4.56. The van der Waals surface area contributed by atoms with Crippen molar-refractivity contribution in [3.8, 4) is 0 Å². The number of ether oxygens (including phenoxy) is 2. The molecule has 0 bridgehead atoms. The van der Waals surface area contributed by atoms with Gasteiger partial charge in [0.15, 0.2) is 6.10 Å². The first-order valence-electron chi connectivity index (χ1n) is 9.59. The first-order chi connectivity index (χ1) is 11.7. The number of aliphatic hydroxyl groups is 3. The van der Waals surface area contributed by atoms with Crippen molar-refractivity contribution in [2.75, 3.05) is 13.2 Å². The molecule has 1 aliphatic rings. The van der Waals surface area contributed by atoms with Gasteiger partial charge in [0.25, 0.3) is 0 Å². The lowest BCUT2D eigenvalue weighted by Gasteiger charge is -2.36. The maximum absolute atomic E-state index is 9.97. The van der Waals surface area contributed by atoms with Gasteiger partial charge in [0.05, 0.1) is 19.5 Å². The number of aliphatic hydroxyl groups excluding tert-OH is 3. The normalized spacial score (nSPS) is 27.7. The lowest BCUT2D eigenvalue weighted by atomic mass is 10.0. The minimum absolute atomic E-state index is 0.0685. The van der Waals surface area contributed by atoms with Crippen LogP contribution < -0.4 is 0 Å². The zero-order chi connectivity index (χ0) is 17.6. The molecule has 0 radical (unpaired) electrons. The first-order valence-corrected chi connectivity index (χ1v) is 9.59. The van der Waals surface area contributed by atoms with Crippen LogP contribution in [0.25, 0.3) is 0 Å². The molecule has 0 unspecified atom stereocenters. The third kappa shape index (κ3) is 8.47. The second kappa shape index (κ2) is 13.6. The van der Waals surface area contributed by atoms with Crippen molar-refractivity contribution >= 4 is 0 Å². The number of allylic oxidation sites excluding steroid dienone is 1. The predicted octanol–water partition coefficient (Wildman–Crippen LogP) is 2.92. The van der Waals surface area contributed by atoms with Crippen molar-refractivity contribution < 1.29 is 24.8 Å². The Balaban J connectivity index is 2.02. The van der Waals surface area contributed by atoms with Gasteiger partial charge in [-0.05, 0) is 18.9 Å². The van der Waals surface area contributed by atoms with E-state index in [1.54, 1.807) is 6.26 Å². The van der Waals surface area contributed by atoms with E-state index < -0.39 is 24.4 Å². The molecular formula is C19H36O5. The van der Waals surface area contributed by atoms with Gasteiger partial charge in [0.2, 0.25) is 0 Å². The lowest BCUT2D eigenvalue weighted by molar-refractivity contribution is -0.197. The maximum atomic E-state index is 9.97. The molecule has 1 fully saturated rings. The van der Waals surface area contributed by atoms with E-state index in [0.29, 0.717) is 0 Å². The highest BCUT2D eigenvalue weighted by Crippen LogP contribution is 2.19. The highest BCUT2D eigenvalue weighted by Gasteiger charge is 2.39. The summed E-state index contributed by atoms with van der Waals surface area (Å²) in [6.45, 7) is 2.03. The number of rotatable bonds is 13. The van der Waals surface area contributed by atoms with E-state index in [2.05, 4.69) is 6.92 Å². The van der Waals surface area contributed by atoms with Crippen LogP contribution in [0.15, 0.2) is 12.3 Å². The van der Waals surface area contributed by atoms with Crippen molar-refractivity contribution in [2.24, 2.45) is 0 Å².